The molecule has 1 N–H and O–H groups in total. The van der Waals surface area contributed by atoms with E-state index in [4.69, 9.17) is 11.6 Å². The SMILES string of the molecule is CN1CCC(c2ccc(C(C)(C)CO)cc2Cl)CC1. The Kier molecular flexibility index (Phi) is 4.54. The van der Waals surface area contributed by atoms with Crippen LogP contribution in [0.4, 0.5) is 0 Å². The standard InChI is InChI=1S/C16H24ClNO/c1-16(2,11-19)13-4-5-14(15(17)10-13)12-6-8-18(3)9-7-12/h4-5,10,12,19H,6-9,11H2,1-3H3. The lowest BCUT2D eigenvalue weighted by atomic mass is 9.83. The molecule has 1 fully saturated rings. The Hall–Kier alpha value is -0.570. The van der Waals surface area contributed by atoms with E-state index in [1.54, 1.807) is 0 Å². The van der Waals surface area contributed by atoms with Crippen molar-refractivity contribution >= 4 is 11.6 Å². The number of likely N-dealkylation sites (tertiary alicyclic amines) is 1. The van der Waals surface area contributed by atoms with Gasteiger partial charge in [-0.3, -0.25) is 0 Å². The molecule has 0 atom stereocenters. The van der Waals surface area contributed by atoms with E-state index in [9.17, 15) is 5.11 Å². The Labute approximate surface area is 121 Å². The number of nitrogens with zero attached hydrogens (tertiary/aromatic N) is 1. The van der Waals surface area contributed by atoms with Crippen LogP contribution in [0.5, 0.6) is 0 Å². The largest absolute Gasteiger partial charge is 0.395 e. The Morgan fingerprint density at radius 2 is 1.95 bits per heavy atom. The van der Waals surface area contributed by atoms with Crippen LogP contribution < -0.4 is 0 Å². The van der Waals surface area contributed by atoms with Gasteiger partial charge in [-0.05, 0) is 56.1 Å². The second kappa shape index (κ2) is 5.82. The summed E-state index contributed by atoms with van der Waals surface area (Å²) in [4.78, 5) is 2.37. The van der Waals surface area contributed by atoms with Gasteiger partial charge in [-0.15, -0.1) is 0 Å². The Bertz CT molecular complexity index is 436. The fourth-order valence-corrected chi connectivity index (χ4v) is 3.02. The highest BCUT2D eigenvalue weighted by Crippen LogP contribution is 2.35. The van der Waals surface area contributed by atoms with Crippen LogP contribution in [0.15, 0.2) is 18.2 Å². The van der Waals surface area contributed by atoms with E-state index in [1.807, 2.05) is 19.9 Å². The lowest BCUT2D eigenvalue weighted by molar-refractivity contribution is 0.218. The van der Waals surface area contributed by atoms with Gasteiger partial charge in [0, 0.05) is 10.4 Å². The molecule has 0 unspecified atom stereocenters. The van der Waals surface area contributed by atoms with E-state index < -0.39 is 0 Å². The molecule has 0 radical (unpaired) electrons. The van der Waals surface area contributed by atoms with Crippen LogP contribution in [0.25, 0.3) is 0 Å². The first-order chi connectivity index (χ1) is 8.94. The van der Waals surface area contributed by atoms with Gasteiger partial charge >= 0.3 is 0 Å². The van der Waals surface area contributed by atoms with E-state index in [2.05, 4.69) is 24.1 Å². The smallest absolute Gasteiger partial charge is 0.0522 e. The maximum absolute atomic E-state index is 9.44. The van der Waals surface area contributed by atoms with Gasteiger partial charge in [-0.25, -0.2) is 0 Å². The van der Waals surface area contributed by atoms with E-state index in [-0.39, 0.29) is 12.0 Å². The molecule has 1 heterocycles. The molecule has 0 bridgehead atoms. The summed E-state index contributed by atoms with van der Waals surface area (Å²) in [7, 11) is 2.17. The fraction of sp³-hybridized carbons (Fsp3) is 0.625. The topological polar surface area (TPSA) is 23.5 Å². The van der Waals surface area contributed by atoms with Crippen LogP contribution in [0.2, 0.25) is 5.02 Å². The van der Waals surface area contributed by atoms with Crippen molar-refractivity contribution in [1.29, 1.82) is 0 Å². The Morgan fingerprint density at radius 3 is 2.47 bits per heavy atom. The summed E-state index contributed by atoms with van der Waals surface area (Å²) in [5.74, 6) is 0.579. The number of aliphatic hydroxyl groups is 1. The third kappa shape index (κ3) is 3.31. The van der Waals surface area contributed by atoms with Crippen LogP contribution in [-0.4, -0.2) is 36.8 Å². The second-order valence-corrected chi connectivity index (χ2v) is 6.76. The predicted octanol–water partition coefficient (Wildman–Crippen LogP) is 3.42. The zero-order valence-corrected chi connectivity index (χ0v) is 12.9. The molecular weight excluding hydrogens is 258 g/mol. The Balaban J connectivity index is 2.20. The zero-order valence-electron chi connectivity index (χ0n) is 12.1. The van der Waals surface area contributed by atoms with Crippen molar-refractivity contribution < 1.29 is 5.11 Å². The van der Waals surface area contributed by atoms with Gasteiger partial charge in [0.2, 0.25) is 0 Å². The summed E-state index contributed by atoms with van der Waals surface area (Å²) < 4.78 is 0. The lowest BCUT2D eigenvalue weighted by Gasteiger charge is -2.30. The van der Waals surface area contributed by atoms with Gasteiger partial charge in [0.1, 0.15) is 0 Å². The van der Waals surface area contributed by atoms with Crippen molar-refractivity contribution in [2.75, 3.05) is 26.7 Å². The molecule has 1 saturated heterocycles. The second-order valence-electron chi connectivity index (χ2n) is 6.36. The van der Waals surface area contributed by atoms with E-state index >= 15 is 0 Å². The predicted molar refractivity (Wildman–Crippen MR) is 81.0 cm³/mol. The molecule has 0 aliphatic carbocycles. The monoisotopic (exact) mass is 281 g/mol. The first kappa shape index (κ1) is 14.8. The molecule has 2 nitrogen and oxygen atoms in total. The molecular formula is C16H24ClNO. The number of hydrogen-bond acceptors (Lipinski definition) is 2. The van der Waals surface area contributed by atoms with Crippen molar-refractivity contribution in [3.05, 3.63) is 34.3 Å². The Morgan fingerprint density at radius 1 is 1.32 bits per heavy atom. The number of hydrogen-bond donors (Lipinski definition) is 1. The minimum atomic E-state index is -0.227. The number of aliphatic hydroxyl groups excluding tert-OH is 1. The summed E-state index contributed by atoms with van der Waals surface area (Å²) in [5.41, 5.74) is 2.15. The highest BCUT2D eigenvalue weighted by atomic mass is 35.5. The highest BCUT2D eigenvalue weighted by Gasteiger charge is 2.24. The van der Waals surface area contributed by atoms with Gasteiger partial charge in [-0.2, -0.15) is 0 Å². The first-order valence-electron chi connectivity index (χ1n) is 7.03. The quantitative estimate of drug-likeness (QED) is 0.918. The van der Waals surface area contributed by atoms with Crippen molar-refractivity contribution in [1.82, 2.24) is 4.90 Å². The van der Waals surface area contributed by atoms with Crippen LogP contribution in [0.3, 0.4) is 0 Å². The number of rotatable bonds is 3. The van der Waals surface area contributed by atoms with Gasteiger partial charge in [0.25, 0.3) is 0 Å². The molecule has 0 aromatic heterocycles. The number of benzene rings is 1. The van der Waals surface area contributed by atoms with Crippen LogP contribution >= 0.6 is 11.6 Å². The third-order valence-corrected chi connectivity index (χ3v) is 4.66. The zero-order chi connectivity index (χ0) is 14.0. The van der Waals surface area contributed by atoms with E-state index in [0.29, 0.717) is 5.92 Å². The molecule has 106 valence electrons. The molecule has 1 aliphatic heterocycles. The van der Waals surface area contributed by atoms with Crippen LogP contribution in [-0.2, 0) is 5.41 Å². The normalized spacial score (nSPS) is 18.8. The third-order valence-electron chi connectivity index (χ3n) is 4.34. The van der Waals surface area contributed by atoms with Crippen LogP contribution in [0, 0.1) is 0 Å². The van der Waals surface area contributed by atoms with E-state index in [1.165, 1.54) is 18.4 Å². The van der Waals surface area contributed by atoms with Gasteiger partial charge in [-0.1, -0.05) is 37.6 Å². The molecule has 3 heteroatoms. The molecule has 2 rings (SSSR count). The maximum atomic E-state index is 9.44. The number of halogens is 1. The molecule has 0 amide bonds. The summed E-state index contributed by atoms with van der Waals surface area (Å²) in [6, 6.07) is 6.31. The first-order valence-corrected chi connectivity index (χ1v) is 7.41. The minimum absolute atomic E-state index is 0.136. The minimum Gasteiger partial charge on any atom is -0.395 e. The van der Waals surface area contributed by atoms with Crippen molar-refractivity contribution in [2.24, 2.45) is 0 Å². The maximum Gasteiger partial charge on any atom is 0.0522 e. The molecule has 1 aliphatic rings. The highest BCUT2D eigenvalue weighted by molar-refractivity contribution is 6.31. The summed E-state index contributed by atoms with van der Waals surface area (Å²) in [6.45, 7) is 6.49. The molecule has 0 spiro atoms. The van der Waals surface area contributed by atoms with Crippen molar-refractivity contribution in [3.8, 4) is 0 Å². The molecule has 1 aromatic rings. The molecule has 0 saturated carbocycles. The summed E-state index contributed by atoms with van der Waals surface area (Å²) >= 11 is 6.47. The van der Waals surface area contributed by atoms with Gasteiger partial charge < -0.3 is 10.0 Å². The van der Waals surface area contributed by atoms with Crippen molar-refractivity contribution in [2.45, 2.75) is 38.0 Å². The number of piperidine rings is 1. The fourth-order valence-electron chi connectivity index (χ4n) is 2.69. The average molecular weight is 282 g/mol. The van der Waals surface area contributed by atoms with Crippen molar-refractivity contribution in [3.63, 3.8) is 0 Å². The van der Waals surface area contributed by atoms with E-state index in [0.717, 1.165) is 23.7 Å². The molecule has 19 heavy (non-hydrogen) atoms. The lowest BCUT2D eigenvalue weighted by Crippen LogP contribution is -2.29. The molecule has 1 aromatic carbocycles. The van der Waals surface area contributed by atoms with Crippen LogP contribution in [0.1, 0.15) is 43.7 Å². The van der Waals surface area contributed by atoms with Gasteiger partial charge in [0.05, 0.1) is 6.61 Å². The average Bonchev–Trinajstić information content (AvgIpc) is 2.40. The summed E-state index contributed by atoms with van der Waals surface area (Å²) in [6.07, 6.45) is 2.36. The van der Waals surface area contributed by atoms with Gasteiger partial charge in [0.15, 0.2) is 0 Å². The summed E-state index contributed by atoms with van der Waals surface area (Å²) in [5, 5.41) is 10.3.